The number of amides is 1. The van der Waals surface area contributed by atoms with Gasteiger partial charge in [0, 0.05) is 38.1 Å². The molecule has 1 aliphatic rings. The lowest BCUT2D eigenvalue weighted by atomic mass is 10.1. The van der Waals surface area contributed by atoms with Crippen LogP contribution in [0.4, 0.5) is 0 Å². The maximum Gasteiger partial charge on any atom is 0.225 e. The molecule has 0 aromatic rings. The molecule has 0 radical (unpaired) electrons. The summed E-state index contributed by atoms with van der Waals surface area (Å²) in [6.07, 6.45) is 3.15. The highest BCUT2D eigenvalue weighted by atomic mass is 16.2. The van der Waals surface area contributed by atoms with Crippen LogP contribution in [-0.2, 0) is 4.79 Å². The van der Waals surface area contributed by atoms with E-state index in [0.29, 0.717) is 11.9 Å². The second-order valence-corrected chi connectivity index (χ2v) is 5.31. The predicted octanol–water partition coefficient (Wildman–Crippen LogP) is 1.30. The van der Waals surface area contributed by atoms with Crippen LogP contribution in [0.15, 0.2) is 0 Å². The van der Waals surface area contributed by atoms with Crippen molar-refractivity contribution in [2.45, 2.75) is 46.1 Å². The van der Waals surface area contributed by atoms with Crippen molar-refractivity contribution in [2.75, 3.05) is 32.7 Å². The van der Waals surface area contributed by atoms with Crippen LogP contribution in [0.25, 0.3) is 0 Å². The van der Waals surface area contributed by atoms with Gasteiger partial charge >= 0.3 is 0 Å². The number of hydrogen-bond donors (Lipinski definition) is 1. The van der Waals surface area contributed by atoms with E-state index >= 15 is 0 Å². The largest absolute Gasteiger partial charge is 0.340 e. The molecule has 0 spiro atoms. The Kier molecular flexibility index (Phi) is 6.65. The van der Waals surface area contributed by atoms with Crippen LogP contribution < -0.4 is 5.73 Å². The Balaban J connectivity index is 2.42. The van der Waals surface area contributed by atoms with Gasteiger partial charge in [-0.1, -0.05) is 20.8 Å². The lowest BCUT2D eigenvalue weighted by Gasteiger charge is -2.39. The molecule has 1 saturated heterocycles. The first-order chi connectivity index (χ1) is 8.63. The molecular formula is C14H29N3O. The normalized spacial score (nSPS) is 20.8. The van der Waals surface area contributed by atoms with Gasteiger partial charge in [0.1, 0.15) is 0 Å². The van der Waals surface area contributed by atoms with Crippen molar-refractivity contribution < 1.29 is 4.79 Å². The minimum atomic E-state index is 0.169. The molecule has 2 unspecified atom stereocenters. The topological polar surface area (TPSA) is 49.6 Å². The molecule has 0 aromatic heterocycles. The third-order valence-corrected chi connectivity index (χ3v) is 4.15. The summed E-state index contributed by atoms with van der Waals surface area (Å²) < 4.78 is 0. The highest BCUT2D eigenvalue weighted by Crippen LogP contribution is 2.14. The van der Waals surface area contributed by atoms with Gasteiger partial charge in [0.05, 0.1) is 0 Å². The Bertz CT molecular complexity index is 249. The van der Waals surface area contributed by atoms with E-state index < -0.39 is 0 Å². The van der Waals surface area contributed by atoms with E-state index in [2.05, 4.69) is 18.7 Å². The van der Waals surface area contributed by atoms with Gasteiger partial charge in [0.15, 0.2) is 0 Å². The van der Waals surface area contributed by atoms with Crippen molar-refractivity contribution in [3.63, 3.8) is 0 Å². The fraction of sp³-hybridized carbons (Fsp3) is 0.929. The number of nitrogens with two attached hydrogens (primary N) is 1. The minimum Gasteiger partial charge on any atom is -0.340 e. The summed E-state index contributed by atoms with van der Waals surface area (Å²) in [5.41, 5.74) is 5.65. The number of carbonyl (C=O) groups excluding carboxylic acids is 1. The summed E-state index contributed by atoms with van der Waals surface area (Å²) in [6.45, 7) is 10.8. The molecule has 18 heavy (non-hydrogen) atoms. The van der Waals surface area contributed by atoms with Crippen LogP contribution in [0, 0.1) is 5.92 Å². The average Bonchev–Trinajstić information content (AvgIpc) is 2.43. The highest BCUT2D eigenvalue weighted by Gasteiger charge is 2.26. The summed E-state index contributed by atoms with van der Waals surface area (Å²) in [7, 11) is 0. The van der Waals surface area contributed by atoms with Crippen LogP contribution in [0.2, 0.25) is 0 Å². The SMILES string of the molecule is CCC(C)C(=O)N1CCN(C(CC)CCN)CC1. The van der Waals surface area contributed by atoms with Crippen LogP contribution in [0.3, 0.4) is 0 Å². The van der Waals surface area contributed by atoms with E-state index in [9.17, 15) is 4.79 Å². The molecule has 0 aliphatic carbocycles. The first-order valence-electron chi connectivity index (χ1n) is 7.36. The molecule has 1 heterocycles. The van der Waals surface area contributed by atoms with Gasteiger partial charge in [-0.05, 0) is 25.8 Å². The lowest BCUT2D eigenvalue weighted by Crippen LogP contribution is -2.53. The van der Waals surface area contributed by atoms with Gasteiger partial charge < -0.3 is 10.6 Å². The van der Waals surface area contributed by atoms with Crippen LogP contribution in [0.5, 0.6) is 0 Å². The molecule has 1 rings (SSSR count). The third-order valence-electron chi connectivity index (χ3n) is 4.15. The average molecular weight is 255 g/mol. The van der Waals surface area contributed by atoms with E-state index in [-0.39, 0.29) is 5.92 Å². The van der Waals surface area contributed by atoms with Gasteiger partial charge in [0.2, 0.25) is 5.91 Å². The Hall–Kier alpha value is -0.610. The standard InChI is InChI=1S/C14H29N3O/c1-4-12(3)14(18)17-10-8-16(9-11-17)13(5-2)6-7-15/h12-13H,4-11,15H2,1-3H3. The van der Waals surface area contributed by atoms with E-state index in [0.717, 1.165) is 52.0 Å². The van der Waals surface area contributed by atoms with E-state index in [1.54, 1.807) is 0 Å². The second kappa shape index (κ2) is 7.74. The zero-order valence-corrected chi connectivity index (χ0v) is 12.2. The third kappa shape index (κ3) is 3.95. The number of hydrogen-bond acceptors (Lipinski definition) is 3. The number of nitrogens with zero attached hydrogens (tertiary/aromatic N) is 2. The Labute approximate surface area is 111 Å². The molecular weight excluding hydrogens is 226 g/mol. The fourth-order valence-corrected chi connectivity index (χ4v) is 2.63. The first kappa shape index (κ1) is 15.4. The fourth-order valence-electron chi connectivity index (χ4n) is 2.63. The minimum absolute atomic E-state index is 0.169. The zero-order chi connectivity index (χ0) is 13.5. The van der Waals surface area contributed by atoms with Crippen molar-refractivity contribution in [2.24, 2.45) is 11.7 Å². The van der Waals surface area contributed by atoms with Gasteiger partial charge in [0.25, 0.3) is 0 Å². The maximum atomic E-state index is 12.1. The molecule has 2 atom stereocenters. The van der Waals surface area contributed by atoms with Gasteiger partial charge in [-0.25, -0.2) is 0 Å². The molecule has 2 N–H and O–H groups in total. The second-order valence-electron chi connectivity index (χ2n) is 5.31. The maximum absolute atomic E-state index is 12.1. The predicted molar refractivity (Wildman–Crippen MR) is 75.4 cm³/mol. The molecule has 1 aliphatic heterocycles. The molecule has 4 heteroatoms. The number of carbonyl (C=O) groups is 1. The summed E-state index contributed by atoms with van der Waals surface area (Å²) in [6, 6.07) is 0.593. The molecule has 1 fully saturated rings. The highest BCUT2D eigenvalue weighted by molar-refractivity contribution is 5.78. The quantitative estimate of drug-likeness (QED) is 0.778. The van der Waals surface area contributed by atoms with E-state index in [4.69, 9.17) is 5.73 Å². The van der Waals surface area contributed by atoms with Crippen molar-refractivity contribution in [1.82, 2.24) is 9.80 Å². The first-order valence-corrected chi connectivity index (χ1v) is 7.36. The number of rotatable bonds is 6. The van der Waals surface area contributed by atoms with Crippen molar-refractivity contribution in [3.05, 3.63) is 0 Å². The van der Waals surface area contributed by atoms with Gasteiger partial charge in [-0.3, -0.25) is 9.69 Å². The summed E-state index contributed by atoms with van der Waals surface area (Å²) in [4.78, 5) is 16.6. The van der Waals surface area contributed by atoms with Crippen LogP contribution in [-0.4, -0.2) is 54.5 Å². The number of piperazine rings is 1. The van der Waals surface area contributed by atoms with E-state index in [1.807, 2.05) is 11.8 Å². The Morgan fingerprint density at radius 3 is 2.22 bits per heavy atom. The molecule has 0 bridgehead atoms. The van der Waals surface area contributed by atoms with Crippen LogP contribution in [0.1, 0.15) is 40.0 Å². The van der Waals surface area contributed by atoms with Crippen molar-refractivity contribution in [1.29, 1.82) is 0 Å². The Morgan fingerprint density at radius 2 is 1.78 bits per heavy atom. The molecule has 4 nitrogen and oxygen atoms in total. The Morgan fingerprint density at radius 1 is 1.17 bits per heavy atom. The molecule has 0 saturated carbocycles. The summed E-state index contributed by atoms with van der Waals surface area (Å²) >= 11 is 0. The van der Waals surface area contributed by atoms with Crippen molar-refractivity contribution in [3.8, 4) is 0 Å². The zero-order valence-electron chi connectivity index (χ0n) is 12.2. The molecule has 0 aromatic carbocycles. The summed E-state index contributed by atoms with van der Waals surface area (Å²) in [5, 5.41) is 0. The van der Waals surface area contributed by atoms with Gasteiger partial charge in [-0.2, -0.15) is 0 Å². The van der Waals surface area contributed by atoms with Crippen molar-refractivity contribution >= 4 is 5.91 Å². The summed E-state index contributed by atoms with van der Waals surface area (Å²) in [5.74, 6) is 0.492. The van der Waals surface area contributed by atoms with Crippen LogP contribution >= 0.6 is 0 Å². The smallest absolute Gasteiger partial charge is 0.225 e. The monoisotopic (exact) mass is 255 g/mol. The lowest BCUT2D eigenvalue weighted by molar-refractivity contribution is -0.137. The molecule has 106 valence electrons. The van der Waals surface area contributed by atoms with Gasteiger partial charge in [-0.15, -0.1) is 0 Å². The molecule has 1 amide bonds. The van der Waals surface area contributed by atoms with E-state index in [1.165, 1.54) is 0 Å².